The van der Waals surface area contributed by atoms with E-state index in [0.29, 0.717) is 18.9 Å². The molecule has 1 fully saturated rings. The molecule has 0 heterocycles. The van der Waals surface area contributed by atoms with Crippen molar-refractivity contribution in [1.82, 2.24) is 0 Å². The second kappa shape index (κ2) is 6.01. The number of amides is 1. The zero-order valence-corrected chi connectivity index (χ0v) is 11.1. The highest BCUT2D eigenvalue weighted by molar-refractivity contribution is 5.93. The van der Waals surface area contributed by atoms with E-state index in [-0.39, 0.29) is 5.91 Å². The van der Waals surface area contributed by atoms with Crippen LogP contribution >= 0.6 is 0 Å². The summed E-state index contributed by atoms with van der Waals surface area (Å²) < 4.78 is 0. The molecule has 0 bridgehead atoms. The average Bonchev–Trinajstić information content (AvgIpc) is 2.90. The van der Waals surface area contributed by atoms with Gasteiger partial charge in [-0.25, -0.2) is 0 Å². The lowest BCUT2D eigenvalue weighted by Gasteiger charge is -2.20. The van der Waals surface area contributed by atoms with Crippen LogP contribution in [0.4, 0.5) is 5.69 Å². The van der Waals surface area contributed by atoms with Gasteiger partial charge >= 0.3 is 0 Å². The van der Waals surface area contributed by atoms with Gasteiger partial charge in [-0.1, -0.05) is 25.0 Å². The number of carbonyl (C=O) groups is 1. The van der Waals surface area contributed by atoms with E-state index in [2.05, 4.69) is 0 Å². The Hall–Kier alpha value is -1.35. The summed E-state index contributed by atoms with van der Waals surface area (Å²) in [4.78, 5) is 14.0. The Morgan fingerprint density at radius 1 is 1.39 bits per heavy atom. The Morgan fingerprint density at radius 3 is 2.78 bits per heavy atom. The van der Waals surface area contributed by atoms with E-state index >= 15 is 0 Å². The highest BCUT2D eigenvalue weighted by Gasteiger charge is 2.21. The minimum atomic E-state index is 0.219. The normalized spacial score (nSPS) is 15.9. The van der Waals surface area contributed by atoms with Gasteiger partial charge in [-0.2, -0.15) is 0 Å². The van der Waals surface area contributed by atoms with E-state index in [1.54, 1.807) is 4.90 Å². The molecule has 18 heavy (non-hydrogen) atoms. The number of benzene rings is 1. The highest BCUT2D eigenvalue weighted by Crippen LogP contribution is 2.28. The number of nitrogens with two attached hydrogens (primary N) is 1. The lowest BCUT2D eigenvalue weighted by Crippen LogP contribution is -2.27. The quantitative estimate of drug-likeness (QED) is 0.887. The molecular weight excluding hydrogens is 224 g/mol. The Bertz CT molecular complexity index is 411. The molecule has 1 saturated carbocycles. The number of carbonyl (C=O) groups excluding carboxylic acids is 1. The fraction of sp³-hybridized carbons (Fsp3) is 0.533. The minimum absolute atomic E-state index is 0.219. The maximum absolute atomic E-state index is 12.2. The Kier molecular flexibility index (Phi) is 4.37. The predicted octanol–water partition coefficient (Wildman–Crippen LogP) is 2.69. The fourth-order valence-electron chi connectivity index (χ4n) is 2.63. The maximum atomic E-state index is 12.2. The summed E-state index contributed by atoms with van der Waals surface area (Å²) >= 11 is 0. The summed E-state index contributed by atoms with van der Waals surface area (Å²) in [5.41, 5.74) is 7.63. The van der Waals surface area contributed by atoms with Gasteiger partial charge < -0.3 is 10.6 Å². The predicted molar refractivity (Wildman–Crippen MR) is 74.3 cm³/mol. The van der Waals surface area contributed by atoms with E-state index in [1.807, 2.05) is 31.3 Å². The molecule has 1 aliphatic rings. The van der Waals surface area contributed by atoms with Crippen molar-refractivity contribution in [3.8, 4) is 0 Å². The van der Waals surface area contributed by atoms with Crippen molar-refractivity contribution >= 4 is 11.6 Å². The van der Waals surface area contributed by atoms with Crippen molar-refractivity contribution in [1.29, 1.82) is 0 Å². The van der Waals surface area contributed by atoms with Gasteiger partial charge in [0.05, 0.1) is 0 Å². The molecule has 2 N–H and O–H groups in total. The summed E-state index contributed by atoms with van der Waals surface area (Å²) in [5.74, 6) is 0.814. The van der Waals surface area contributed by atoms with Gasteiger partial charge in [0.25, 0.3) is 0 Å². The number of rotatable bonds is 4. The number of hydrogen-bond acceptors (Lipinski definition) is 2. The topological polar surface area (TPSA) is 46.3 Å². The monoisotopic (exact) mass is 246 g/mol. The first-order valence-electron chi connectivity index (χ1n) is 6.76. The minimum Gasteiger partial charge on any atom is -0.326 e. The molecule has 1 amide bonds. The molecule has 0 atom stereocenters. The standard InChI is InChI=1S/C15H22N2O/c1-17(14-8-4-7-13(9-14)11-16)15(18)10-12-5-2-3-6-12/h4,7-9,12H,2-3,5-6,10-11,16H2,1H3. The molecule has 1 aliphatic carbocycles. The van der Waals surface area contributed by atoms with Crippen LogP contribution in [0.1, 0.15) is 37.7 Å². The second-order valence-electron chi connectivity index (χ2n) is 5.18. The molecule has 98 valence electrons. The Morgan fingerprint density at radius 2 is 2.11 bits per heavy atom. The van der Waals surface area contributed by atoms with Gasteiger partial charge in [-0.15, -0.1) is 0 Å². The third kappa shape index (κ3) is 3.10. The lowest BCUT2D eigenvalue weighted by molar-refractivity contribution is -0.119. The summed E-state index contributed by atoms with van der Waals surface area (Å²) in [6, 6.07) is 7.90. The SMILES string of the molecule is CN(C(=O)CC1CCCC1)c1cccc(CN)c1. The third-order valence-corrected chi connectivity index (χ3v) is 3.85. The zero-order chi connectivity index (χ0) is 13.0. The molecule has 0 spiro atoms. The number of nitrogens with zero attached hydrogens (tertiary/aromatic N) is 1. The van der Waals surface area contributed by atoms with E-state index in [1.165, 1.54) is 25.7 Å². The van der Waals surface area contributed by atoms with Crippen molar-refractivity contribution in [2.75, 3.05) is 11.9 Å². The average molecular weight is 246 g/mol. The molecule has 0 aromatic heterocycles. The van der Waals surface area contributed by atoms with E-state index in [0.717, 1.165) is 11.3 Å². The van der Waals surface area contributed by atoms with Crippen LogP contribution < -0.4 is 10.6 Å². The molecule has 3 nitrogen and oxygen atoms in total. The molecule has 1 aromatic carbocycles. The largest absolute Gasteiger partial charge is 0.326 e. The summed E-state index contributed by atoms with van der Waals surface area (Å²) in [5, 5.41) is 0. The second-order valence-corrected chi connectivity index (χ2v) is 5.18. The van der Waals surface area contributed by atoms with Crippen molar-refractivity contribution in [3.63, 3.8) is 0 Å². The molecule has 0 radical (unpaired) electrons. The van der Waals surface area contributed by atoms with Gasteiger partial charge in [0.1, 0.15) is 0 Å². The van der Waals surface area contributed by atoms with Crippen LogP contribution in [0, 0.1) is 5.92 Å². The number of hydrogen-bond donors (Lipinski definition) is 1. The third-order valence-electron chi connectivity index (χ3n) is 3.85. The smallest absolute Gasteiger partial charge is 0.226 e. The molecule has 2 rings (SSSR count). The van der Waals surface area contributed by atoms with Crippen molar-refractivity contribution in [3.05, 3.63) is 29.8 Å². The van der Waals surface area contributed by atoms with Crippen molar-refractivity contribution in [2.24, 2.45) is 11.7 Å². The molecule has 0 unspecified atom stereocenters. The van der Waals surface area contributed by atoms with Gasteiger partial charge in [0.15, 0.2) is 0 Å². The van der Waals surface area contributed by atoms with Gasteiger partial charge in [-0.05, 0) is 36.5 Å². The van der Waals surface area contributed by atoms with Crippen molar-refractivity contribution in [2.45, 2.75) is 38.6 Å². The lowest BCUT2D eigenvalue weighted by atomic mass is 10.0. The van der Waals surface area contributed by atoms with E-state index in [4.69, 9.17) is 5.73 Å². The molecule has 0 aliphatic heterocycles. The zero-order valence-electron chi connectivity index (χ0n) is 11.1. The first-order chi connectivity index (χ1) is 8.70. The van der Waals surface area contributed by atoms with Crippen LogP contribution in [0.25, 0.3) is 0 Å². The van der Waals surface area contributed by atoms with Gasteiger partial charge in [0, 0.05) is 25.7 Å². The van der Waals surface area contributed by atoms with Crippen LogP contribution in [0.2, 0.25) is 0 Å². The Labute approximate surface area is 109 Å². The first kappa shape index (κ1) is 13.1. The highest BCUT2D eigenvalue weighted by atomic mass is 16.2. The summed E-state index contributed by atoms with van der Waals surface area (Å²) in [6.45, 7) is 0.512. The van der Waals surface area contributed by atoms with Gasteiger partial charge in [-0.3, -0.25) is 4.79 Å². The molecule has 0 saturated heterocycles. The Balaban J connectivity index is 2.00. The van der Waals surface area contributed by atoms with Crippen LogP contribution in [0.5, 0.6) is 0 Å². The summed E-state index contributed by atoms with van der Waals surface area (Å²) in [7, 11) is 1.85. The van der Waals surface area contributed by atoms with Crippen LogP contribution in [-0.4, -0.2) is 13.0 Å². The first-order valence-corrected chi connectivity index (χ1v) is 6.76. The number of anilines is 1. The van der Waals surface area contributed by atoms with E-state index < -0.39 is 0 Å². The van der Waals surface area contributed by atoms with Gasteiger partial charge in [0.2, 0.25) is 5.91 Å². The maximum Gasteiger partial charge on any atom is 0.226 e. The molecule has 3 heteroatoms. The fourth-order valence-corrected chi connectivity index (χ4v) is 2.63. The van der Waals surface area contributed by atoms with Crippen LogP contribution in [0.15, 0.2) is 24.3 Å². The van der Waals surface area contributed by atoms with E-state index in [9.17, 15) is 4.79 Å². The molecular formula is C15H22N2O. The summed E-state index contributed by atoms with van der Waals surface area (Å²) in [6.07, 6.45) is 5.67. The molecule has 1 aromatic rings. The van der Waals surface area contributed by atoms with Crippen LogP contribution in [0.3, 0.4) is 0 Å². The van der Waals surface area contributed by atoms with Crippen molar-refractivity contribution < 1.29 is 4.79 Å². The van der Waals surface area contributed by atoms with Crippen LogP contribution in [-0.2, 0) is 11.3 Å².